The number of rotatable bonds is 7. The smallest absolute Gasteiger partial charge is 0.387 e. The van der Waals surface area contributed by atoms with E-state index in [2.05, 4.69) is 4.74 Å². The predicted molar refractivity (Wildman–Crippen MR) is 74.1 cm³/mol. The molecule has 0 aliphatic rings. The Morgan fingerprint density at radius 1 is 1.38 bits per heavy atom. The Labute approximate surface area is 121 Å². The molecular formula is C14H17F2NO4. The van der Waals surface area contributed by atoms with Crippen molar-refractivity contribution in [2.45, 2.75) is 26.9 Å². The monoisotopic (exact) mass is 301 g/mol. The first kappa shape index (κ1) is 16.9. The van der Waals surface area contributed by atoms with Gasteiger partial charge in [-0.05, 0) is 23.6 Å². The highest BCUT2D eigenvalue weighted by atomic mass is 19.3. The summed E-state index contributed by atoms with van der Waals surface area (Å²) in [5, 5.41) is 11.0. The van der Waals surface area contributed by atoms with Crippen LogP contribution in [0.25, 0.3) is 6.08 Å². The van der Waals surface area contributed by atoms with Crippen molar-refractivity contribution in [2.75, 3.05) is 7.11 Å². The maximum atomic E-state index is 12.3. The molecular weight excluding hydrogens is 284 g/mol. The molecule has 0 saturated heterocycles. The third-order valence-electron chi connectivity index (χ3n) is 2.59. The van der Waals surface area contributed by atoms with E-state index < -0.39 is 11.5 Å². The van der Waals surface area contributed by atoms with Crippen molar-refractivity contribution in [3.05, 3.63) is 39.6 Å². The number of methoxy groups -OCH3 is 1. The highest BCUT2D eigenvalue weighted by Crippen LogP contribution is 2.30. The minimum Gasteiger partial charge on any atom is -0.493 e. The lowest BCUT2D eigenvalue weighted by Crippen LogP contribution is -2.04. The number of ether oxygens (including phenoxy) is 2. The Balaban J connectivity index is 3.14. The van der Waals surface area contributed by atoms with Gasteiger partial charge >= 0.3 is 6.61 Å². The summed E-state index contributed by atoms with van der Waals surface area (Å²) in [5.41, 5.74) is 0.414. The highest BCUT2D eigenvalue weighted by Gasteiger charge is 2.15. The van der Waals surface area contributed by atoms with Gasteiger partial charge in [0.2, 0.25) is 5.70 Å². The standard InChI is InChI=1S/C14H17F2NO4/c1-9(2)6-11(17(18)19)7-10-4-5-12(20-3)13(8-10)21-14(15)16/h4-5,7-9,14H,6H2,1-3H3. The van der Waals surface area contributed by atoms with Gasteiger partial charge in [0.25, 0.3) is 0 Å². The van der Waals surface area contributed by atoms with Crippen molar-refractivity contribution < 1.29 is 23.2 Å². The van der Waals surface area contributed by atoms with Crippen molar-refractivity contribution in [2.24, 2.45) is 5.92 Å². The van der Waals surface area contributed by atoms with Crippen LogP contribution in [0, 0.1) is 16.0 Å². The van der Waals surface area contributed by atoms with E-state index in [1.807, 2.05) is 13.8 Å². The van der Waals surface area contributed by atoms with Crippen LogP contribution in [0.1, 0.15) is 25.8 Å². The largest absolute Gasteiger partial charge is 0.493 e. The summed E-state index contributed by atoms with van der Waals surface area (Å²) >= 11 is 0. The molecule has 0 radical (unpaired) electrons. The molecule has 0 amide bonds. The zero-order valence-corrected chi connectivity index (χ0v) is 12.0. The summed E-state index contributed by atoms with van der Waals surface area (Å²) in [6, 6.07) is 4.26. The van der Waals surface area contributed by atoms with E-state index in [9.17, 15) is 18.9 Å². The van der Waals surface area contributed by atoms with Crippen LogP contribution in [0.2, 0.25) is 0 Å². The van der Waals surface area contributed by atoms with Gasteiger partial charge in [-0.3, -0.25) is 10.1 Å². The van der Waals surface area contributed by atoms with E-state index >= 15 is 0 Å². The van der Waals surface area contributed by atoms with Gasteiger partial charge < -0.3 is 9.47 Å². The summed E-state index contributed by atoms with van der Waals surface area (Å²) in [4.78, 5) is 10.5. The van der Waals surface area contributed by atoms with Crippen LogP contribution >= 0.6 is 0 Å². The molecule has 0 N–H and O–H groups in total. The van der Waals surface area contributed by atoms with E-state index in [0.29, 0.717) is 5.56 Å². The Hall–Kier alpha value is -2.18. The average Bonchev–Trinajstić information content (AvgIpc) is 2.37. The number of allylic oxidation sites excluding steroid dienone is 1. The Kier molecular flexibility index (Phi) is 6.08. The fraction of sp³-hybridized carbons (Fsp3) is 0.429. The lowest BCUT2D eigenvalue weighted by atomic mass is 10.1. The Bertz CT molecular complexity index is 530. The van der Waals surface area contributed by atoms with Gasteiger partial charge in [-0.15, -0.1) is 0 Å². The van der Waals surface area contributed by atoms with Crippen LogP contribution in [0.5, 0.6) is 11.5 Å². The van der Waals surface area contributed by atoms with Gasteiger partial charge in [0.1, 0.15) is 0 Å². The van der Waals surface area contributed by atoms with Gasteiger partial charge in [-0.1, -0.05) is 19.9 Å². The van der Waals surface area contributed by atoms with E-state index in [1.54, 1.807) is 6.07 Å². The highest BCUT2D eigenvalue weighted by molar-refractivity contribution is 5.57. The van der Waals surface area contributed by atoms with Crippen molar-refractivity contribution in [3.63, 3.8) is 0 Å². The number of benzene rings is 1. The zero-order chi connectivity index (χ0) is 16.0. The number of nitro groups is 1. The number of hydrogen-bond donors (Lipinski definition) is 0. The van der Waals surface area contributed by atoms with Crippen LogP contribution in [0.15, 0.2) is 23.9 Å². The fourth-order valence-corrected chi connectivity index (χ4v) is 1.77. The maximum absolute atomic E-state index is 12.3. The van der Waals surface area contributed by atoms with Crippen LogP contribution in [-0.4, -0.2) is 18.6 Å². The fourth-order valence-electron chi connectivity index (χ4n) is 1.77. The van der Waals surface area contributed by atoms with Crippen molar-refractivity contribution in [1.29, 1.82) is 0 Å². The van der Waals surface area contributed by atoms with E-state index in [1.165, 1.54) is 25.3 Å². The molecule has 7 heteroatoms. The van der Waals surface area contributed by atoms with Gasteiger partial charge in [0.15, 0.2) is 11.5 Å². The molecule has 5 nitrogen and oxygen atoms in total. The lowest BCUT2D eigenvalue weighted by Gasteiger charge is -2.10. The SMILES string of the molecule is COc1ccc(C=C(CC(C)C)[N+](=O)[O-])cc1OC(F)F. The van der Waals surface area contributed by atoms with Gasteiger partial charge in [-0.2, -0.15) is 8.78 Å². The maximum Gasteiger partial charge on any atom is 0.387 e. The predicted octanol–water partition coefficient (Wildman–Crippen LogP) is 3.96. The number of hydrogen-bond acceptors (Lipinski definition) is 4. The van der Waals surface area contributed by atoms with Crippen molar-refractivity contribution in [1.82, 2.24) is 0 Å². The molecule has 116 valence electrons. The second-order valence-corrected chi connectivity index (χ2v) is 4.78. The topological polar surface area (TPSA) is 61.6 Å². The Morgan fingerprint density at radius 3 is 2.52 bits per heavy atom. The summed E-state index contributed by atoms with van der Waals surface area (Å²) in [6.07, 6.45) is 1.63. The van der Waals surface area contributed by atoms with Crippen LogP contribution < -0.4 is 9.47 Å². The molecule has 0 spiro atoms. The summed E-state index contributed by atoms with van der Waals surface area (Å²) in [6.45, 7) is 0.719. The molecule has 0 fully saturated rings. The zero-order valence-electron chi connectivity index (χ0n) is 12.0. The molecule has 0 unspecified atom stereocenters. The number of alkyl halides is 2. The molecule has 0 heterocycles. The first-order chi connectivity index (χ1) is 9.83. The van der Waals surface area contributed by atoms with Gasteiger partial charge in [-0.25, -0.2) is 0 Å². The normalized spacial score (nSPS) is 11.9. The molecule has 0 aliphatic heterocycles. The van der Waals surface area contributed by atoms with E-state index in [-0.39, 0.29) is 29.5 Å². The third kappa shape index (κ3) is 5.37. The second-order valence-electron chi connectivity index (χ2n) is 4.78. The van der Waals surface area contributed by atoms with Gasteiger partial charge in [0.05, 0.1) is 12.0 Å². The number of halogens is 2. The van der Waals surface area contributed by atoms with E-state index in [4.69, 9.17) is 4.74 Å². The van der Waals surface area contributed by atoms with Crippen molar-refractivity contribution >= 4 is 6.08 Å². The third-order valence-corrected chi connectivity index (χ3v) is 2.59. The Morgan fingerprint density at radius 2 is 2.05 bits per heavy atom. The van der Waals surface area contributed by atoms with E-state index in [0.717, 1.165) is 0 Å². The number of nitrogens with zero attached hydrogens (tertiary/aromatic N) is 1. The first-order valence-electron chi connectivity index (χ1n) is 6.31. The molecule has 0 aliphatic carbocycles. The average molecular weight is 301 g/mol. The molecule has 0 saturated carbocycles. The summed E-state index contributed by atoms with van der Waals surface area (Å²) in [7, 11) is 1.32. The molecule has 1 aromatic carbocycles. The van der Waals surface area contributed by atoms with Crippen molar-refractivity contribution in [3.8, 4) is 11.5 Å². The molecule has 1 rings (SSSR count). The molecule has 21 heavy (non-hydrogen) atoms. The lowest BCUT2D eigenvalue weighted by molar-refractivity contribution is -0.427. The van der Waals surface area contributed by atoms with Crippen LogP contribution in [0.4, 0.5) is 8.78 Å². The molecule has 0 atom stereocenters. The quantitative estimate of drug-likeness (QED) is 0.565. The second kappa shape index (κ2) is 7.56. The first-order valence-corrected chi connectivity index (χ1v) is 6.31. The van der Waals surface area contributed by atoms with Crippen LogP contribution in [0.3, 0.4) is 0 Å². The summed E-state index contributed by atoms with van der Waals surface area (Å²) in [5.74, 6) is 0.0872. The summed E-state index contributed by atoms with van der Waals surface area (Å²) < 4.78 is 33.9. The van der Waals surface area contributed by atoms with Gasteiger partial charge in [0, 0.05) is 12.5 Å². The minimum atomic E-state index is -3.00. The molecule has 0 aromatic heterocycles. The van der Waals surface area contributed by atoms with Crippen LogP contribution in [-0.2, 0) is 0 Å². The molecule has 0 bridgehead atoms. The molecule has 1 aromatic rings. The minimum absolute atomic E-state index is 0.0122.